The van der Waals surface area contributed by atoms with E-state index < -0.39 is 16.9 Å². The minimum absolute atomic E-state index is 0.112. The van der Waals surface area contributed by atoms with E-state index in [2.05, 4.69) is 57.4 Å². The number of fused-ring (bicyclic) bond motifs is 1. The minimum atomic E-state index is -0.726. The molecular formula is C27H35ClN2O3. The third-order valence-electron chi connectivity index (χ3n) is 8.68. The molecule has 5 aliphatic rings. The summed E-state index contributed by atoms with van der Waals surface area (Å²) in [5.41, 5.74) is 2.20. The number of carbonyl (C=O) groups is 2. The summed E-state index contributed by atoms with van der Waals surface area (Å²) in [4.78, 5) is 26.8. The monoisotopic (exact) mass is 470 g/mol. The van der Waals surface area contributed by atoms with Crippen molar-refractivity contribution >= 4 is 23.6 Å². The molecule has 0 radical (unpaired) electrons. The molecule has 2 bridgehead atoms. The molecule has 33 heavy (non-hydrogen) atoms. The topological polar surface area (TPSA) is 69.6 Å². The van der Waals surface area contributed by atoms with Gasteiger partial charge in [-0.25, -0.2) is 4.79 Å². The fourth-order valence-electron chi connectivity index (χ4n) is 6.68. The van der Waals surface area contributed by atoms with Crippen molar-refractivity contribution < 1.29 is 14.7 Å². The van der Waals surface area contributed by atoms with Gasteiger partial charge in [0.1, 0.15) is 0 Å². The summed E-state index contributed by atoms with van der Waals surface area (Å²) in [5.74, 6) is -0.391. The van der Waals surface area contributed by atoms with E-state index in [-0.39, 0.29) is 17.0 Å². The van der Waals surface area contributed by atoms with Gasteiger partial charge in [-0.05, 0) is 85.5 Å². The van der Waals surface area contributed by atoms with E-state index in [0.717, 1.165) is 48.3 Å². The first-order valence-electron chi connectivity index (χ1n) is 12.3. The minimum Gasteiger partial charge on any atom is -0.481 e. The Morgan fingerprint density at radius 1 is 1.27 bits per heavy atom. The zero-order valence-corrected chi connectivity index (χ0v) is 20.9. The van der Waals surface area contributed by atoms with Crippen LogP contribution in [0.25, 0.3) is 0 Å². The normalized spacial score (nSPS) is 35.1. The fraction of sp³-hybridized carbons (Fsp3) is 0.630. The largest absolute Gasteiger partial charge is 0.481 e. The highest BCUT2D eigenvalue weighted by atomic mass is 35.5. The lowest BCUT2D eigenvalue weighted by molar-refractivity contribution is -0.215. The molecule has 1 aromatic rings. The number of halogens is 1. The van der Waals surface area contributed by atoms with Crippen LogP contribution in [-0.4, -0.2) is 27.5 Å². The summed E-state index contributed by atoms with van der Waals surface area (Å²) in [6, 6.07) is 6.22. The number of aliphatic carboxylic acids is 1. The van der Waals surface area contributed by atoms with E-state index in [9.17, 15) is 14.7 Å². The Bertz CT molecular complexity index is 1040. The Kier molecular flexibility index (Phi) is 5.00. The second-order valence-corrected chi connectivity index (χ2v) is 12.7. The second-order valence-electron chi connectivity index (χ2n) is 12.3. The Balaban J connectivity index is 1.46. The number of hydrogen-bond acceptors (Lipinski definition) is 2. The van der Waals surface area contributed by atoms with E-state index >= 15 is 0 Å². The lowest BCUT2D eigenvalue weighted by atomic mass is 9.38. The molecular weight excluding hydrogens is 436 g/mol. The first-order valence-corrected chi connectivity index (χ1v) is 12.6. The average molecular weight is 471 g/mol. The average Bonchev–Trinajstić information content (AvgIpc) is 2.65. The summed E-state index contributed by atoms with van der Waals surface area (Å²) in [6.45, 7) is 8.95. The Morgan fingerprint density at radius 2 is 1.97 bits per heavy atom. The highest BCUT2D eigenvalue weighted by Gasteiger charge is 2.75. The van der Waals surface area contributed by atoms with Gasteiger partial charge in [-0.3, -0.25) is 9.69 Å². The number of carbonyl (C=O) groups excluding carboxylic acids is 1. The smallest absolute Gasteiger partial charge is 0.322 e. The van der Waals surface area contributed by atoms with Gasteiger partial charge in [-0.1, -0.05) is 51.4 Å². The van der Waals surface area contributed by atoms with Crippen LogP contribution in [0.4, 0.5) is 4.79 Å². The highest BCUT2D eigenvalue weighted by molar-refractivity contribution is 6.31. The molecule has 2 amide bonds. The molecule has 0 spiro atoms. The maximum atomic E-state index is 13.4. The van der Waals surface area contributed by atoms with Crippen molar-refractivity contribution in [1.29, 1.82) is 0 Å². The van der Waals surface area contributed by atoms with Crippen LogP contribution >= 0.6 is 11.6 Å². The zero-order chi connectivity index (χ0) is 23.8. The molecule has 2 atom stereocenters. The Labute approximate surface area is 201 Å². The number of nitrogens with zero attached hydrogens (tertiary/aromatic N) is 1. The van der Waals surface area contributed by atoms with Gasteiger partial charge in [0.05, 0.1) is 16.5 Å². The molecule has 4 fully saturated rings. The molecule has 1 aliphatic heterocycles. The van der Waals surface area contributed by atoms with Crippen molar-refractivity contribution in [1.82, 2.24) is 10.2 Å². The van der Waals surface area contributed by atoms with Gasteiger partial charge >= 0.3 is 12.0 Å². The van der Waals surface area contributed by atoms with Gasteiger partial charge in [-0.2, -0.15) is 0 Å². The van der Waals surface area contributed by atoms with Crippen molar-refractivity contribution in [2.75, 3.05) is 0 Å². The second kappa shape index (κ2) is 7.24. The summed E-state index contributed by atoms with van der Waals surface area (Å²) >= 11 is 6.76. The summed E-state index contributed by atoms with van der Waals surface area (Å²) in [5, 5.41) is 13.7. The number of benzene rings is 1. The van der Waals surface area contributed by atoms with Gasteiger partial charge in [0.15, 0.2) is 0 Å². The number of urea groups is 1. The highest BCUT2D eigenvalue weighted by Crippen LogP contribution is 2.70. The summed E-state index contributed by atoms with van der Waals surface area (Å²) in [7, 11) is 0. The third-order valence-corrected chi connectivity index (χ3v) is 9.03. The van der Waals surface area contributed by atoms with Crippen LogP contribution in [0.3, 0.4) is 0 Å². The predicted molar refractivity (Wildman–Crippen MR) is 129 cm³/mol. The summed E-state index contributed by atoms with van der Waals surface area (Å²) in [6.07, 6.45) is 8.71. The van der Waals surface area contributed by atoms with Gasteiger partial charge in [0.2, 0.25) is 0 Å². The predicted octanol–water partition coefficient (Wildman–Crippen LogP) is 6.25. The maximum absolute atomic E-state index is 13.4. The molecule has 6 heteroatoms. The fourth-order valence-corrected chi connectivity index (χ4v) is 6.96. The van der Waals surface area contributed by atoms with Crippen LogP contribution in [0.15, 0.2) is 30.0 Å². The molecule has 178 valence electrons. The van der Waals surface area contributed by atoms with Gasteiger partial charge in [0.25, 0.3) is 0 Å². The first kappa shape index (κ1) is 22.8. The van der Waals surface area contributed by atoms with E-state index in [1.54, 1.807) is 0 Å². The van der Waals surface area contributed by atoms with Crippen molar-refractivity contribution in [3.63, 3.8) is 0 Å². The van der Waals surface area contributed by atoms with Crippen LogP contribution in [0.2, 0.25) is 5.02 Å². The Morgan fingerprint density at radius 3 is 2.58 bits per heavy atom. The van der Waals surface area contributed by atoms with Gasteiger partial charge in [0, 0.05) is 11.2 Å². The lowest BCUT2D eigenvalue weighted by Gasteiger charge is -2.71. The summed E-state index contributed by atoms with van der Waals surface area (Å²) < 4.78 is 0. The molecule has 1 unspecified atom stereocenters. The van der Waals surface area contributed by atoms with Crippen molar-refractivity contribution in [2.24, 2.45) is 16.7 Å². The van der Waals surface area contributed by atoms with Crippen LogP contribution in [-0.2, 0) is 16.8 Å². The number of nitrogens with one attached hydrogen (secondary N) is 1. The van der Waals surface area contributed by atoms with E-state index in [4.69, 9.17) is 11.6 Å². The van der Waals surface area contributed by atoms with Gasteiger partial charge < -0.3 is 10.4 Å². The van der Waals surface area contributed by atoms with Crippen molar-refractivity contribution in [3.8, 4) is 0 Å². The first-order chi connectivity index (χ1) is 15.4. The number of amides is 2. The van der Waals surface area contributed by atoms with Crippen LogP contribution < -0.4 is 5.32 Å². The quantitative estimate of drug-likeness (QED) is 0.534. The van der Waals surface area contributed by atoms with Crippen LogP contribution in [0, 0.1) is 16.7 Å². The molecule has 0 aromatic heterocycles. The van der Waals surface area contributed by atoms with Crippen LogP contribution in [0.1, 0.15) is 83.8 Å². The van der Waals surface area contributed by atoms with Gasteiger partial charge in [-0.15, -0.1) is 0 Å². The molecule has 1 aromatic carbocycles. The molecule has 5 nitrogen and oxygen atoms in total. The van der Waals surface area contributed by atoms with E-state index in [1.165, 1.54) is 5.57 Å². The van der Waals surface area contributed by atoms with E-state index in [0.29, 0.717) is 25.2 Å². The maximum Gasteiger partial charge on any atom is 0.322 e. The molecule has 2 N–H and O–H groups in total. The Hall–Kier alpha value is -2.01. The van der Waals surface area contributed by atoms with Crippen molar-refractivity contribution in [2.45, 2.75) is 90.1 Å². The van der Waals surface area contributed by atoms with Crippen molar-refractivity contribution in [3.05, 3.63) is 46.1 Å². The van der Waals surface area contributed by atoms with E-state index in [1.807, 2.05) is 4.90 Å². The number of carboxylic acid groups (broad SMARTS) is 1. The lowest BCUT2D eigenvalue weighted by Crippen LogP contribution is -2.78. The zero-order valence-electron chi connectivity index (χ0n) is 20.1. The molecule has 4 saturated carbocycles. The number of aryl methyl sites for hydroxylation is 1. The number of carboxylic acids is 1. The molecule has 1 heterocycles. The third kappa shape index (κ3) is 3.41. The number of rotatable bonds is 5. The molecule has 4 aliphatic carbocycles. The standard InChI is InChI=1S/C27H35ClN2O3/c1-17-6-5-10-27(19-8-7-18(21(28)12-19)9-11-24(2,3)4)20(17)13-30(23(33)29-27)26-14-25(15-26,16-26)22(31)32/h7-8,12-13,17H,5-6,9-11,14-16H2,1-4H3,(H,29,33)(H,31,32)/t17?,25?,26?,27-/m1/s1. The molecule has 6 rings (SSSR count). The van der Waals surface area contributed by atoms with Crippen LogP contribution in [0.5, 0.6) is 0 Å². The number of hydrogen-bond donors (Lipinski definition) is 2. The SMILES string of the molecule is CC1CCC[C@]2(c3ccc(CCC(C)(C)C)c(Cl)c3)NC(=O)N(C34CC(C(=O)O)(C3)C4)C=C12. The molecule has 0 saturated heterocycles.